The molecule has 41 heavy (non-hydrogen) atoms. The average molecular weight is 569 g/mol. The van der Waals surface area contributed by atoms with Gasteiger partial charge in [0.2, 0.25) is 11.5 Å². The Labute approximate surface area is 240 Å². The first-order valence-electron chi connectivity index (χ1n) is 13.6. The number of methoxy groups -OCH3 is 6. The summed E-state index contributed by atoms with van der Waals surface area (Å²) in [6, 6.07) is 3.91. The van der Waals surface area contributed by atoms with E-state index in [1.54, 1.807) is 42.7 Å². The Morgan fingerprint density at radius 3 is 1.29 bits per heavy atom. The van der Waals surface area contributed by atoms with Crippen LogP contribution in [0.5, 0.6) is 34.5 Å². The van der Waals surface area contributed by atoms with Crippen molar-refractivity contribution in [1.82, 2.24) is 28.9 Å². The number of rotatable bonds is 10. The highest BCUT2D eigenvalue weighted by atomic mass is 16.5. The van der Waals surface area contributed by atoms with Gasteiger partial charge in [-0.2, -0.15) is 0 Å². The van der Waals surface area contributed by atoms with Crippen molar-refractivity contribution in [3.8, 4) is 34.5 Å². The van der Waals surface area contributed by atoms with Gasteiger partial charge in [-0.05, 0) is 19.5 Å². The lowest BCUT2D eigenvalue weighted by atomic mass is 10.2. The Morgan fingerprint density at radius 2 is 0.951 bits per heavy atom. The Morgan fingerprint density at radius 1 is 0.561 bits per heavy atom. The molecule has 1 aliphatic rings. The second-order valence-corrected chi connectivity index (χ2v) is 10.1. The Kier molecular flexibility index (Phi) is 8.32. The van der Waals surface area contributed by atoms with Gasteiger partial charge in [-0.1, -0.05) is 0 Å². The molecule has 0 saturated carbocycles. The summed E-state index contributed by atoms with van der Waals surface area (Å²) in [4.78, 5) is 14.8. The van der Waals surface area contributed by atoms with Gasteiger partial charge in [-0.25, -0.2) is 9.97 Å². The van der Waals surface area contributed by atoms with Gasteiger partial charge in [0.05, 0.1) is 66.8 Å². The lowest BCUT2D eigenvalue weighted by molar-refractivity contribution is 0.238. The molecule has 12 heteroatoms. The summed E-state index contributed by atoms with van der Waals surface area (Å²) in [5.74, 6) is 5.43. The summed E-state index contributed by atoms with van der Waals surface area (Å²) in [5, 5.41) is 0. The normalized spacial score (nSPS) is 14.8. The van der Waals surface area contributed by atoms with E-state index in [4.69, 9.17) is 38.4 Å². The van der Waals surface area contributed by atoms with Crippen LogP contribution >= 0.6 is 0 Å². The molecule has 1 saturated heterocycles. The Balaban J connectivity index is 1.34. The molecule has 0 unspecified atom stereocenters. The lowest BCUT2D eigenvalue weighted by Crippen LogP contribution is -2.31. The fourth-order valence-electron chi connectivity index (χ4n) is 5.69. The number of aryl methyl sites for hydroxylation is 2. The maximum absolute atomic E-state index is 5.68. The third-order valence-electron chi connectivity index (χ3n) is 7.96. The van der Waals surface area contributed by atoms with Gasteiger partial charge in [0.1, 0.15) is 22.7 Å². The monoisotopic (exact) mass is 568 g/mol. The molecule has 2 aromatic carbocycles. The molecule has 0 aliphatic carbocycles. The minimum atomic E-state index is 0.550. The predicted molar refractivity (Wildman–Crippen MR) is 156 cm³/mol. The number of hydrogen-bond acceptors (Lipinski definition) is 10. The SMILES string of the molecule is COc1cc2c(nc(CN3CCCN(Cc4nc5c(OC)c(OC)c(OC)cc5n4C)CC3)n2C)c(OC)c1OC. The average Bonchev–Trinajstić information content (AvgIpc) is 3.35. The van der Waals surface area contributed by atoms with Gasteiger partial charge in [-0.3, -0.25) is 9.80 Å². The minimum Gasteiger partial charge on any atom is -0.493 e. The van der Waals surface area contributed by atoms with Crippen LogP contribution in [0.3, 0.4) is 0 Å². The van der Waals surface area contributed by atoms with Crippen LogP contribution in [0.15, 0.2) is 12.1 Å². The lowest BCUT2D eigenvalue weighted by Gasteiger charge is -2.21. The third kappa shape index (κ3) is 5.06. The first kappa shape index (κ1) is 28.6. The standard InChI is InChI=1S/C29H40N6O6/c1-32-18-14-20(36-3)26(38-5)28(40-7)24(18)30-22(32)16-34-10-9-11-35(13-12-34)17-23-31-25-19(33(23)2)15-21(37-4)27(39-6)29(25)41-8/h14-15H,9-13,16-17H2,1-8H3. The smallest absolute Gasteiger partial charge is 0.205 e. The Hall–Kier alpha value is -3.90. The number of imidazole rings is 2. The zero-order chi connectivity index (χ0) is 29.3. The molecule has 1 aliphatic heterocycles. The van der Waals surface area contributed by atoms with E-state index in [1.807, 2.05) is 26.2 Å². The molecule has 4 aromatic rings. The van der Waals surface area contributed by atoms with Crippen LogP contribution in [0.1, 0.15) is 18.1 Å². The van der Waals surface area contributed by atoms with Crippen LogP contribution < -0.4 is 28.4 Å². The number of benzene rings is 2. The summed E-state index contributed by atoms with van der Waals surface area (Å²) in [6.07, 6.45) is 1.05. The maximum Gasteiger partial charge on any atom is 0.205 e. The Bertz CT molecular complexity index is 1430. The fourth-order valence-corrected chi connectivity index (χ4v) is 5.69. The fraction of sp³-hybridized carbons (Fsp3) is 0.517. The van der Waals surface area contributed by atoms with Gasteiger partial charge < -0.3 is 37.6 Å². The van der Waals surface area contributed by atoms with Gasteiger partial charge in [0.25, 0.3) is 0 Å². The van der Waals surface area contributed by atoms with E-state index in [0.717, 1.165) is 79.4 Å². The van der Waals surface area contributed by atoms with E-state index >= 15 is 0 Å². The number of hydrogen-bond donors (Lipinski definition) is 0. The molecule has 12 nitrogen and oxygen atoms in total. The van der Waals surface area contributed by atoms with Crippen LogP contribution in [0, 0.1) is 0 Å². The van der Waals surface area contributed by atoms with Crippen molar-refractivity contribution in [2.75, 3.05) is 68.8 Å². The third-order valence-corrected chi connectivity index (χ3v) is 7.96. The quantitative estimate of drug-likeness (QED) is 0.284. The number of aromatic nitrogens is 4. The highest BCUT2D eigenvalue weighted by Gasteiger charge is 2.25. The van der Waals surface area contributed by atoms with Gasteiger partial charge in [0.15, 0.2) is 23.0 Å². The largest absolute Gasteiger partial charge is 0.493 e. The van der Waals surface area contributed by atoms with Crippen molar-refractivity contribution < 1.29 is 28.4 Å². The topological polar surface area (TPSA) is 97.5 Å². The van der Waals surface area contributed by atoms with E-state index in [1.165, 1.54) is 0 Å². The molecule has 2 aromatic heterocycles. The molecule has 0 atom stereocenters. The van der Waals surface area contributed by atoms with E-state index < -0.39 is 0 Å². The first-order valence-corrected chi connectivity index (χ1v) is 13.6. The van der Waals surface area contributed by atoms with Crippen molar-refractivity contribution >= 4 is 22.1 Å². The van der Waals surface area contributed by atoms with Gasteiger partial charge in [0, 0.05) is 39.3 Å². The van der Waals surface area contributed by atoms with Crippen molar-refractivity contribution in [3.63, 3.8) is 0 Å². The molecule has 0 N–H and O–H groups in total. The molecule has 0 radical (unpaired) electrons. The molecule has 3 heterocycles. The molecule has 0 spiro atoms. The molecular formula is C29H40N6O6. The summed E-state index contributed by atoms with van der Waals surface area (Å²) >= 11 is 0. The van der Waals surface area contributed by atoms with Crippen molar-refractivity contribution in [2.45, 2.75) is 19.5 Å². The number of ether oxygens (including phenoxy) is 6. The first-order chi connectivity index (χ1) is 19.9. The van der Waals surface area contributed by atoms with E-state index in [-0.39, 0.29) is 0 Å². The number of fused-ring (bicyclic) bond motifs is 2. The maximum atomic E-state index is 5.68. The highest BCUT2D eigenvalue weighted by molar-refractivity contribution is 5.89. The van der Waals surface area contributed by atoms with Crippen molar-refractivity contribution in [2.24, 2.45) is 14.1 Å². The van der Waals surface area contributed by atoms with E-state index in [9.17, 15) is 0 Å². The minimum absolute atomic E-state index is 0.550. The second-order valence-electron chi connectivity index (χ2n) is 10.1. The molecular weight excluding hydrogens is 528 g/mol. The molecule has 0 bridgehead atoms. The van der Waals surface area contributed by atoms with Crippen molar-refractivity contribution in [1.29, 1.82) is 0 Å². The zero-order valence-electron chi connectivity index (χ0n) is 25.2. The summed E-state index contributed by atoms with van der Waals surface area (Å²) in [5.41, 5.74) is 3.42. The molecule has 5 rings (SSSR count). The van der Waals surface area contributed by atoms with Crippen LogP contribution in [0.2, 0.25) is 0 Å². The molecule has 222 valence electrons. The molecule has 0 amide bonds. The van der Waals surface area contributed by atoms with Crippen molar-refractivity contribution in [3.05, 3.63) is 23.8 Å². The summed E-state index contributed by atoms with van der Waals surface area (Å²) in [6.45, 7) is 5.26. The summed E-state index contributed by atoms with van der Waals surface area (Å²) < 4.78 is 37.8. The van der Waals surface area contributed by atoms with E-state index in [2.05, 4.69) is 18.9 Å². The van der Waals surface area contributed by atoms with Gasteiger partial charge >= 0.3 is 0 Å². The second kappa shape index (κ2) is 11.9. The van der Waals surface area contributed by atoms with Crippen LogP contribution in [-0.2, 0) is 27.2 Å². The summed E-state index contributed by atoms with van der Waals surface area (Å²) in [7, 11) is 13.8. The van der Waals surface area contributed by atoms with Gasteiger partial charge in [-0.15, -0.1) is 0 Å². The van der Waals surface area contributed by atoms with Crippen LogP contribution in [0.25, 0.3) is 22.1 Å². The highest BCUT2D eigenvalue weighted by Crippen LogP contribution is 2.44. The zero-order valence-corrected chi connectivity index (χ0v) is 25.2. The molecule has 1 fully saturated rings. The number of nitrogens with zero attached hydrogens (tertiary/aromatic N) is 6. The van der Waals surface area contributed by atoms with Crippen LogP contribution in [0.4, 0.5) is 0 Å². The van der Waals surface area contributed by atoms with Crippen LogP contribution in [-0.4, -0.2) is 97.7 Å². The predicted octanol–water partition coefficient (Wildman–Crippen LogP) is 3.22. The van der Waals surface area contributed by atoms with E-state index in [0.29, 0.717) is 34.5 Å².